The van der Waals surface area contributed by atoms with Crippen LogP contribution in [0.5, 0.6) is 0 Å². The largest absolute Gasteiger partial charge is 0.325 e. The standard InChI is InChI=1S/C11H23N3O/c1-4-7-14(10-8-12-9-10)11(15)13(5-2)6-3/h10,12H,4-9H2,1-3H3. The molecule has 0 aromatic carbocycles. The van der Waals surface area contributed by atoms with Crippen molar-refractivity contribution in [3.05, 3.63) is 0 Å². The summed E-state index contributed by atoms with van der Waals surface area (Å²) >= 11 is 0. The van der Waals surface area contributed by atoms with E-state index in [2.05, 4.69) is 12.2 Å². The monoisotopic (exact) mass is 213 g/mol. The number of hydrogen-bond donors (Lipinski definition) is 1. The first-order chi connectivity index (χ1) is 7.24. The molecule has 1 aliphatic heterocycles. The maximum atomic E-state index is 12.2. The Labute approximate surface area is 92.6 Å². The minimum atomic E-state index is 0.202. The van der Waals surface area contributed by atoms with Gasteiger partial charge in [0.1, 0.15) is 0 Å². The number of urea groups is 1. The van der Waals surface area contributed by atoms with Gasteiger partial charge in [-0.1, -0.05) is 6.92 Å². The second kappa shape index (κ2) is 5.95. The molecule has 1 fully saturated rings. The van der Waals surface area contributed by atoms with Crippen LogP contribution in [0.2, 0.25) is 0 Å². The number of carbonyl (C=O) groups excluding carboxylic acids is 1. The minimum Gasteiger partial charge on any atom is -0.325 e. The van der Waals surface area contributed by atoms with Crippen LogP contribution in [0.4, 0.5) is 4.79 Å². The van der Waals surface area contributed by atoms with E-state index in [1.807, 2.05) is 23.6 Å². The molecule has 0 radical (unpaired) electrons. The summed E-state index contributed by atoms with van der Waals surface area (Å²) in [6, 6.07) is 0.617. The Kier molecular flexibility index (Phi) is 4.88. The summed E-state index contributed by atoms with van der Waals surface area (Å²) < 4.78 is 0. The molecule has 0 saturated carbocycles. The summed E-state index contributed by atoms with van der Waals surface area (Å²) in [4.78, 5) is 16.1. The lowest BCUT2D eigenvalue weighted by molar-refractivity contribution is 0.118. The summed E-state index contributed by atoms with van der Waals surface area (Å²) in [6.45, 7) is 10.6. The van der Waals surface area contributed by atoms with Crippen LogP contribution in [0, 0.1) is 0 Å². The molecule has 15 heavy (non-hydrogen) atoms. The van der Waals surface area contributed by atoms with Crippen molar-refractivity contribution in [3.8, 4) is 0 Å². The minimum absolute atomic E-state index is 0.202. The number of rotatable bonds is 5. The van der Waals surface area contributed by atoms with Gasteiger partial charge < -0.3 is 15.1 Å². The summed E-state index contributed by atoms with van der Waals surface area (Å²) in [7, 11) is 0. The Morgan fingerprint density at radius 2 is 1.87 bits per heavy atom. The molecule has 0 atom stereocenters. The van der Waals surface area contributed by atoms with E-state index in [9.17, 15) is 4.79 Å². The molecule has 1 saturated heterocycles. The highest BCUT2D eigenvalue weighted by atomic mass is 16.2. The van der Waals surface area contributed by atoms with Gasteiger partial charge in [-0.05, 0) is 20.3 Å². The third kappa shape index (κ3) is 2.84. The third-order valence-corrected chi connectivity index (χ3v) is 2.94. The van der Waals surface area contributed by atoms with E-state index in [0.29, 0.717) is 6.04 Å². The van der Waals surface area contributed by atoms with E-state index in [4.69, 9.17) is 0 Å². The molecular formula is C11H23N3O. The van der Waals surface area contributed by atoms with Crippen LogP contribution in [0.1, 0.15) is 27.2 Å². The average Bonchev–Trinajstić information content (AvgIpc) is 2.16. The molecule has 1 heterocycles. The SMILES string of the molecule is CCCN(C(=O)N(CC)CC)C1CNC1. The Hall–Kier alpha value is -0.770. The second-order valence-corrected chi connectivity index (χ2v) is 3.96. The van der Waals surface area contributed by atoms with E-state index in [0.717, 1.165) is 39.1 Å². The summed E-state index contributed by atoms with van der Waals surface area (Å²) in [5.41, 5.74) is 0. The van der Waals surface area contributed by atoms with Gasteiger partial charge in [0.25, 0.3) is 0 Å². The lowest BCUT2D eigenvalue weighted by atomic mass is 10.1. The topological polar surface area (TPSA) is 35.6 Å². The molecule has 4 nitrogen and oxygen atoms in total. The first-order valence-corrected chi connectivity index (χ1v) is 6.00. The van der Waals surface area contributed by atoms with Crippen LogP contribution in [0.25, 0.3) is 0 Å². The second-order valence-electron chi connectivity index (χ2n) is 3.96. The Morgan fingerprint density at radius 1 is 1.27 bits per heavy atom. The van der Waals surface area contributed by atoms with Crippen molar-refractivity contribution in [1.82, 2.24) is 15.1 Å². The first kappa shape index (κ1) is 12.3. The number of nitrogens with one attached hydrogen (secondary N) is 1. The molecule has 1 N–H and O–H groups in total. The molecule has 1 aliphatic rings. The van der Waals surface area contributed by atoms with Crippen LogP contribution in [0.15, 0.2) is 0 Å². The van der Waals surface area contributed by atoms with Gasteiger partial charge in [-0.3, -0.25) is 0 Å². The van der Waals surface area contributed by atoms with E-state index in [1.54, 1.807) is 0 Å². The lowest BCUT2D eigenvalue weighted by Gasteiger charge is -2.40. The molecule has 0 aromatic heterocycles. The zero-order valence-electron chi connectivity index (χ0n) is 10.1. The molecule has 2 amide bonds. The van der Waals surface area contributed by atoms with Gasteiger partial charge >= 0.3 is 6.03 Å². The van der Waals surface area contributed by atoms with Crippen LogP contribution >= 0.6 is 0 Å². The molecule has 88 valence electrons. The lowest BCUT2D eigenvalue weighted by Crippen LogP contribution is -2.61. The van der Waals surface area contributed by atoms with Crippen molar-refractivity contribution in [1.29, 1.82) is 0 Å². The van der Waals surface area contributed by atoms with Gasteiger partial charge in [0.2, 0.25) is 0 Å². The zero-order valence-corrected chi connectivity index (χ0v) is 10.1. The normalized spacial score (nSPS) is 15.9. The van der Waals surface area contributed by atoms with Gasteiger partial charge in [0.15, 0.2) is 0 Å². The van der Waals surface area contributed by atoms with Crippen molar-refractivity contribution in [2.24, 2.45) is 0 Å². The highest BCUT2D eigenvalue weighted by Crippen LogP contribution is 2.09. The number of nitrogens with zero attached hydrogens (tertiary/aromatic N) is 2. The van der Waals surface area contributed by atoms with Crippen molar-refractivity contribution in [2.45, 2.75) is 33.2 Å². The van der Waals surface area contributed by atoms with Gasteiger partial charge in [-0.2, -0.15) is 0 Å². The highest BCUT2D eigenvalue weighted by molar-refractivity contribution is 5.75. The van der Waals surface area contributed by atoms with Gasteiger partial charge in [-0.15, -0.1) is 0 Å². The van der Waals surface area contributed by atoms with E-state index >= 15 is 0 Å². The summed E-state index contributed by atoms with van der Waals surface area (Å²) in [5, 5.41) is 3.22. The fourth-order valence-corrected chi connectivity index (χ4v) is 1.84. The third-order valence-electron chi connectivity index (χ3n) is 2.94. The average molecular weight is 213 g/mol. The zero-order chi connectivity index (χ0) is 11.3. The molecule has 0 aromatic rings. The fraction of sp³-hybridized carbons (Fsp3) is 0.909. The molecule has 0 unspecified atom stereocenters. The predicted octanol–water partition coefficient (Wildman–Crippen LogP) is 1.13. The van der Waals surface area contributed by atoms with E-state index in [1.165, 1.54) is 0 Å². The van der Waals surface area contributed by atoms with E-state index in [-0.39, 0.29) is 6.03 Å². The van der Waals surface area contributed by atoms with Crippen LogP contribution in [0.3, 0.4) is 0 Å². The number of hydrogen-bond acceptors (Lipinski definition) is 2. The number of amides is 2. The van der Waals surface area contributed by atoms with Crippen molar-refractivity contribution >= 4 is 6.03 Å². The summed E-state index contributed by atoms with van der Waals surface area (Å²) in [6.07, 6.45) is 1.03. The quantitative estimate of drug-likeness (QED) is 0.743. The predicted molar refractivity (Wildman–Crippen MR) is 62.0 cm³/mol. The maximum absolute atomic E-state index is 12.2. The van der Waals surface area contributed by atoms with Crippen LogP contribution in [-0.4, -0.2) is 54.6 Å². The Balaban J connectivity index is 2.56. The van der Waals surface area contributed by atoms with Crippen LogP contribution < -0.4 is 5.32 Å². The molecule has 0 bridgehead atoms. The van der Waals surface area contributed by atoms with Crippen molar-refractivity contribution in [2.75, 3.05) is 32.7 Å². The first-order valence-electron chi connectivity index (χ1n) is 6.00. The fourth-order valence-electron chi connectivity index (χ4n) is 1.84. The summed E-state index contributed by atoms with van der Waals surface area (Å²) in [5.74, 6) is 0. The number of carbonyl (C=O) groups is 1. The Bertz CT molecular complexity index is 200. The molecule has 1 rings (SSSR count). The smallest absolute Gasteiger partial charge is 0.320 e. The van der Waals surface area contributed by atoms with Gasteiger partial charge in [0, 0.05) is 32.7 Å². The van der Waals surface area contributed by atoms with Gasteiger partial charge in [-0.25, -0.2) is 4.79 Å². The Morgan fingerprint density at radius 3 is 2.20 bits per heavy atom. The molecule has 4 heteroatoms. The van der Waals surface area contributed by atoms with Gasteiger partial charge in [0.05, 0.1) is 6.04 Å². The molecular weight excluding hydrogens is 190 g/mol. The maximum Gasteiger partial charge on any atom is 0.320 e. The van der Waals surface area contributed by atoms with Crippen LogP contribution in [-0.2, 0) is 0 Å². The van der Waals surface area contributed by atoms with Crippen molar-refractivity contribution in [3.63, 3.8) is 0 Å². The molecule has 0 spiro atoms. The van der Waals surface area contributed by atoms with Crippen molar-refractivity contribution < 1.29 is 4.79 Å². The van der Waals surface area contributed by atoms with E-state index < -0.39 is 0 Å². The highest BCUT2D eigenvalue weighted by Gasteiger charge is 2.29. The molecule has 0 aliphatic carbocycles.